The predicted octanol–water partition coefficient (Wildman–Crippen LogP) is 7.71. The van der Waals surface area contributed by atoms with E-state index in [0.717, 1.165) is 50.3 Å². The average molecular weight is 1030 g/mol. The molecule has 0 aliphatic rings. The summed E-state index contributed by atoms with van der Waals surface area (Å²) >= 11 is 0. The van der Waals surface area contributed by atoms with Gasteiger partial charge < -0.3 is 63.8 Å². The average Bonchev–Trinajstić information content (AvgIpc) is 3.26. The number of halogens is 2. The van der Waals surface area contributed by atoms with Crippen molar-refractivity contribution in [1.29, 1.82) is 0 Å². The third-order valence-corrected chi connectivity index (χ3v) is 13.7. The quantitative estimate of drug-likeness (QED) is 0.0320. The first-order valence-corrected chi connectivity index (χ1v) is 28.2. The molecule has 0 heterocycles. The molecule has 0 spiro atoms. The van der Waals surface area contributed by atoms with Gasteiger partial charge in [-0.1, -0.05) is 245 Å². The van der Waals surface area contributed by atoms with E-state index in [1.807, 2.05) is 0 Å². The largest absolute Gasteiger partial charge is 1.00 e. The zero-order valence-electron chi connectivity index (χ0n) is 43.3. The molecule has 0 radical (unpaired) electrons. The second kappa shape index (κ2) is 62.7. The van der Waals surface area contributed by atoms with Crippen LogP contribution in [0, 0.1) is 0 Å². The van der Waals surface area contributed by atoms with Crippen molar-refractivity contribution >= 4 is 0 Å². The lowest BCUT2D eigenvalue weighted by Gasteiger charge is -2.38. The van der Waals surface area contributed by atoms with E-state index in [1.165, 1.54) is 268 Å². The van der Waals surface area contributed by atoms with Crippen molar-refractivity contribution in [2.45, 2.75) is 284 Å². The highest BCUT2D eigenvalue weighted by Crippen LogP contribution is 2.18. The van der Waals surface area contributed by atoms with Crippen LogP contribution in [0.3, 0.4) is 0 Å². The van der Waals surface area contributed by atoms with Crippen molar-refractivity contribution in [2.24, 2.45) is 0 Å². The predicted molar refractivity (Wildman–Crippen MR) is 270 cm³/mol. The van der Waals surface area contributed by atoms with Gasteiger partial charge in [0, 0.05) is 0 Å². The Morgan fingerprint density at radius 2 is 0.444 bits per heavy atom. The molecular formula is C55H118Br2N2O4. The SMILES string of the molecule is CCCCCCCCCCCCCCCC[N+](CCO)(CCO)CCCCCCCCCCCCCCCC.CCCCCCCCCCCCCCC[NH+](CCO)CCO.[Br-].[Br-]. The summed E-state index contributed by atoms with van der Waals surface area (Å²) in [5, 5.41) is 37.5. The normalized spacial score (nSPS) is 11.4. The van der Waals surface area contributed by atoms with Crippen LogP contribution in [0.2, 0.25) is 0 Å². The summed E-state index contributed by atoms with van der Waals surface area (Å²) in [7, 11) is 0. The fraction of sp³-hybridized carbons (Fsp3) is 1.00. The number of nitrogens with zero attached hydrogens (tertiary/aromatic N) is 1. The molecule has 0 unspecified atom stereocenters. The Morgan fingerprint density at radius 1 is 0.238 bits per heavy atom. The number of hydrogen-bond donors (Lipinski definition) is 5. The molecule has 0 bridgehead atoms. The van der Waals surface area contributed by atoms with Crippen molar-refractivity contribution < 1.29 is 63.8 Å². The topological polar surface area (TPSA) is 85.4 Å². The van der Waals surface area contributed by atoms with Crippen LogP contribution in [0.25, 0.3) is 0 Å². The summed E-state index contributed by atoms with van der Waals surface area (Å²) in [6.45, 7) is 14.4. The lowest BCUT2D eigenvalue weighted by molar-refractivity contribution is -0.929. The second-order valence-electron chi connectivity index (χ2n) is 19.6. The summed E-state index contributed by atoms with van der Waals surface area (Å²) in [6.07, 6.45) is 57.1. The van der Waals surface area contributed by atoms with E-state index in [0.29, 0.717) is 0 Å². The highest BCUT2D eigenvalue weighted by Gasteiger charge is 2.25. The van der Waals surface area contributed by atoms with E-state index >= 15 is 0 Å². The van der Waals surface area contributed by atoms with Gasteiger partial charge in [-0.05, 0) is 38.5 Å². The maximum Gasteiger partial charge on any atom is 0.102 e. The maximum absolute atomic E-state index is 9.76. The maximum atomic E-state index is 9.76. The van der Waals surface area contributed by atoms with Crippen LogP contribution < -0.4 is 38.9 Å². The molecule has 0 aliphatic heterocycles. The van der Waals surface area contributed by atoms with E-state index in [4.69, 9.17) is 10.2 Å². The number of quaternary nitrogens is 2. The molecule has 5 N–H and O–H groups in total. The molecule has 0 amide bonds. The van der Waals surface area contributed by atoms with Crippen LogP contribution in [-0.4, -0.2) is 97.1 Å². The Labute approximate surface area is 417 Å². The smallest absolute Gasteiger partial charge is 0.102 e. The van der Waals surface area contributed by atoms with Gasteiger partial charge in [0.1, 0.15) is 26.2 Å². The zero-order chi connectivity index (χ0) is 44.8. The first-order chi connectivity index (χ1) is 30.1. The summed E-state index contributed by atoms with van der Waals surface area (Å²) in [5.74, 6) is 0. The van der Waals surface area contributed by atoms with Gasteiger partial charge in [-0.15, -0.1) is 0 Å². The Hall–Kier alpha value is 0.720. The summed E-state index contributed by atoms with van der Waals surface area (Å²) in [5.41, 5.74) is 0. The molecule has 6 nitrogen and oxygen atoms in total. The van der Waals surface area contributed by atoms with Gasteiger partial charge in [-0.25, -0.2) is 0 Å². The fourth-order valence-corrected chi connectivity index (χ4v) is 9.46. The van der Waals surface area contributed by atoms with Crippen LogP contribution >= 0.6 is 0 Å². The molecule has 0 saturated heterocycles. The molecule has 8 heteroatoms. The molecule has 63 heavy (non-hydrogen) atoms. The van der Waals surface area contributed by atoms with E-state index in [9.17, 15) is 10.2 Å². The van der Waals surface area contributed by atoms with Crippen molar-refractivity contribution in [3.8, 4) is 0 Å². The second-order valence-corrected chi connectivity index (χ2v) is 19.6. The van der Waals surface area contributed by atoms with Gasteiger partial charge in [0.15, 0.2) is 0 Å². The zero-order valence-corrected chi connectivity index (χ0v) is 46.4. The standard InChI is InChI=1S/C36H76NO2.C19H41NO2.2BrH/c1-3-5-7-9-11-13-15-17-19-21-23-25-27-29-31-37(33-35-38,34-36-39)32-30-28-26-24-22-20-18-16-14-12-10-8-6-4-2;1-2-3-4-5-6-7-8-9-10-11-12-13-14-15-20(16-18-21)17-19-22;;/h38-39H,3-36H2,1-2H3;21-22H,2-19H2,1H3;2*1H/q+1;;;/p-1. The Balaban J connectivity index is -0.000000618. The molecule has 0 aromatic rings. The van der Waals surface area contributed by atoms with E-state index in [2.05, 4.69) is 20.8 Å². The lowest BCUT2D eigenvalue weighted by atomic mass is 10.0. The molecule has 0 aromatic carbocycles. The van der Waals surface area contributed by atoms with Crippen molar-refractivity contribution in [1.82, 2.24) is 0 Å². The first-order valence-electron chi connectivity index (χ1n) is 28.2. The van der Waals surface area contributed by atoms with Gasteiger partial charge in [0.05, 0.1) is 46.1 Å². The Bertz CT molecular complexity index is 722. The molecule has 0 aliphatic carbocycles. The van der Waals surface area contributed by atoms with Gasteiger partial charge in [-0.3, -0.25) is 0 Å². The number of aliphatic hydroxyl groups excluding tert-OH is 4. The molecule has 0 rings (SSSR count). The van der Waals surface area contributed by atoms with E-state index in [1.54, 1.807) is 0 Å². The van der Waals surface area contributed by atoms with E-state index in [-0.39, 0.29) is 60.4 Å². The third-order valence-electron chi connectivity index (χ3n) is 13.7. The minimum absolute atomic E-state index is 0. The van der Waals surface area contributed by atoms with Crippen LogP contribution in [-0.2, 0) is 0 Å². The third kappa shape index (κ3) is 57.0. The first kappa shape index (κ1) is 70.3. The number of rotatable bonds is 52. The number of unbranched alkanes of at least 4 members (excludes halogenated alkanes) is 38. The fourth-order valence-electron chi connectivity index (χ4n) is 9.46. The molecule has 0 saturated carbocycles. The molecule has 0 aromatic heterocycles. The van der Waals surface area contributed by atoms with Crippen LogP contribution in [0.1, 0.15) is 284 Å². The van der Waals surface area contributed by atoms with Gasteiger partial charge >= 0.3 is 0 Å². The van der Waals surface area contributed by atoms with Gasteiger partial charge in [0.25, 0.3) is 0 Å². The van der Waals surface area contributed by atoms with Crippen LogP contribution in [0.15, 0.2) is 0 Å². The monoisotopic (exact) mass is 1030 g/mol. The summed E-state index contributed by atoms with van der Waals surface area (Å²) in [6, 6.07) is 0. The lowest BCUT2D eigenvalue weighted by Crippen LogP contribution is -3.13. The number of hydrogen-bond acceptors (Lipinski definition) is 4. The minimum atomic E-state index is 0. The number of nitrogens with one attached hydrogen (secondary N) is 1. The molecular weight excluding hydrogens is 912 g/mol. The van der Waals surface area contributed by atoms with Gasteiger partial charge in [-0.2, -0.15) is 0 Å². The van der Waals surface area contributed by atoms with Crippen LogP contribution in [0.5, 0.6) is 0 Å². The van der Waals surface area contributed by atoms with Crippen molar-refractivity contribution in [2.75, 3.05) is 72.2 Å². The van der Waals surface area contributed by atoms with E-state index < -0.39 is 0 Å². The van der Waals surface area contributed by atoms with Crippen LogP contribution in [0.4, 0.5) is 0 Å². The summed E-state index contributed by atoms with van der Waals surface area (Å²) < 4.78 is 0.934. The highest BCUT2D eigenvalue weighted by molar-refractivity contribution is 4.54. The minimum Gasteiger partial charge on any atom is -1.00 e. The molecule has 0 fully saturated rings. The van der Waals surface area contributed by atoms with Crippen molar-refractivity contribution in [3.05, 3.63) is 0 Å². The Morgan fingerprint density at radius 3 is 0.651 bits per heavy atom. The highest BCUT2D eigenvalue weighted by atomic mass is 79.9. The number of aliphatic hydroxyl groups is 4. The molecule has 0 atom stereocenters. The van der Waals surface area contributed by atoms with Gasteiger partial charge in [0.2, 0.25) is 0 Å². The Kier molecular flexibility index (Phi) is 70.0. The summed E-state index contributed by atoms with van der Waals surface area (Å²) in [4.78, 5) is 1.34. The van der Waals surface area contributed by atoms with Crippen molar-refractivity contribution in [3.63, 3.8) is 0 Å². The molecule has 386 valence electrons.